The van der Waals surface area contributed by atoms with Crippen LogP contribution in [0.5, 0.6) is 0 Å². The molecule has 1 fully saturated rings. The summed E-state index contributed by atoms with van der Waals surface area (Å²) in [6.45, 7) is 0.664. The quantitative estimate of drug-likeness (QED) is 0.868. The molecule has 1 aromatic carbocycles. The zero-order valence-electron chi connectivity index (χ0n) is 10.6. The molecule has 0 spiro atoms. The first kappa shape index (κ1) is 12.3. The highest BCUT2D eigenvalue weighted by Crippen LogP contribution is 2.30. The third kappa shape index (κ3) is 2.04. The first-order valence-electron chi connectivity index (χ1n) is 6.23. The summed E-state index contributed by atoms with van der Waals surface area (Å²) in [6.07, 6.45) is 1.34. The number of anilines is 1. The lowest BCUT2D eigenvalue weighted by molar-refractivity contribution is -0.132. The molecule has 1 aromatic heterocycles. The second-order valence-corrected chi connectivity index (χ2v) is 5.38. The maximum atomic E-state index is 11.6. The summed E-state index contributed by atoms with van der Waals surface area (Å²) in [4.78, 5) is 17.6. The van der Waals surface area contributed by atoms with Crippen molar-refractivity contribution in [3.8, 4) is 0 Å². The zero-order valence-corrected chi connectivity index (χ0v) is 11.4. The Morgan fingerprint density at radius 3 is 3.00 bits per heavy atom. The summed E-state index contributed by atoms with van der Waals surface area (Å²) < 4.78 is 2.01. The Hall–Kier alpha value is -1.75. The lowest BCUT2D eigenvalue weighted by Crippen LogP contribution is -2.38. The average Bonchev–Trinajstić information content (AvgIpc) is 2.68. The molecule has 0 radical (unpaired) electrons. The van der Waals surface area contributed by atoms with Gasteiger partial charge in [-0.25, -0.2) is 4.98 Å². The van der Waals surface area contributed by atoms with Gasteiger partial charge < -0.3 is 15.2 Å². The van der Waals surface area contributed by atoms with Gasteiger partial charge in [-0.05, 0) is 24.6 Å². The van der Waals surface area contributed by atoms with Crippen LogP contribution >= 0.6 is 11.6 Å². The van der Waals surface area contributed by atoms with Crippen LogP contribution in [0.4, 0.5) is 5.95 Å². The van der Waals surface area contributed by atoms with E-state index in [1.807, 2.05) is 23.7 Å². The molecule has 19 heavy (non-hydrogen) atoms. The molecule has 1 unspecified atom stereocenters. The number of fused-ring (bicyclic) bond motifs is 1. The van der Waals surface area contributed by atoms with Gasteiger partial charge in [0.05, 0.1) is 17.1 Å². The van der Waals surface area contributed by atoms with E-state index in [0.29, 0.717) is 23.9 Å². The molecule has 3 rings (SSSR count). The van der Waals surface area contributed by atoms with Crippen molar-refractivity contribution in [2.75, 3.05) is 19.3 Å². The maximum absolute atomic E-state index is 11.6. The molecule has 6 heteroatoms. The van der Waals surface area contributed by atoms with E-state index in [-0.39, 0.29) is 11.9 Å². The molecule has 0 aliphatic carbocycles. The van der Waals surface area contributed by atoms with Gasteiger partial charge in [-0.3, -0.25) is 4.79 Å². The van der Waals surface area contributed by atoms with E-state index in [1.54, 1.807) is 11.0 Å². The summed E-state index contributed by atoms with van der Waals surface area (Å²) in [5.74, 6) is 0.660. The molecule has 1 saturated heterocycles. The second-order valence-electron chi connectivity index (χ2n) is 4.94. The van der Waals surface area contributed by atoms with Gasteiger partial charge in [0.1, 0.15) is 0 Å². The van der Waals surface area contributed by atoms with Gasteiger partial charge in [0, 0.05) is 25.0 Å². The Balaban J connectivity index is 2.05. The number of aromatic nitrogens is 2. The van der Waals surface area contributed by atoms with Crippen molar-refractivity contribution in [2.24, 2.45) is 0 Å². The summed E-state index contributed by atoms with van der Waals surface area (Å²) in [6, 6.07) is 5.74. The third-order valence-electron chi connectivity index (χ3n) is 3.65. The monoisotopic (exact) mass is 278 g/mol. The highest BCUT2D eigenvalue weighted by molar-refractivity contribution is 6.31. The Bertz CT molecular complexity index is 651. The lowest BCUT2D eigenvalue weighted by Gasteiger charge is -2.31. The SMILES string of the molecule is CN1CC(n2c(N)nc3cc(Cl)ccc32)CCC1=O. The van der Waals surface area contributed by atoms with E-state index in [2.05, 4.69) is 4.98 Å². The van der Waals surface area contributed by atoms with Gasteiger partial charge in [-0.15, -0.1) is 0 Å². The second kappa shape index (κ2) is 4.42. The van der Waals surface area contributed by atoms with Crippen molar-refractivity contribution in [1.29, 1.82) is 0 Å². The van der Waals surface area contributed by atoms with Crippen LogP contribution < -0.4 is 5.73 Å². The molecule has 0 bridgehead atoms. The minimum absolute atomic E-state index is 0.175. The van der Waals surface area contributed by atoms with Gasteiger partial charge in [-0.1, -0.05) is 11.6 Å². The highest BCUT2D eigenvalue weighted by atomic mass is 35.5. The topological polar surface area (TPSA) is 64.2 Å². The smallest absolute Gasteiger partial charge is 0.222 e. The fourth-order valence-electron chi connectivity index (χ4n) is 2.68. The molecular weight excluding hydrogens is 264 g/mol. The summed E-state index contributed by atoms with van der Waals surface area (Å²) in [5, 5.41) is 0.646. The van der Waals surface area contributed by atoms with E-state index in [0.717, 1.165) is 17.5 Å². The van der Waals surface area contributed by atoms with Gasteiger partial charge in [-0.2, -0.15) is 0 Å². The summed E-state index contributed by atoms with van der Waals surface area (Å²) >= 11 is 5.97. The van der Waals surface area contributed by atoms with Crippen molar-refractivity contribution in [3.05, 3.63) is 23.2 Å². The molecule has 1 amide bonds. The number of nitrogens with zero attached hydrogens (tertiary/aromatic N) is 3. The number of amides is 1. The molecule has 2 heterocycles. The maximum Gasteiger partial charge on any atom is 0.222 e. The van der Waals surface area contributed by atoms with Crippen LogP contribution in [0.3, 0.4) is 0 Å². The number of piperidine rings is 1. The first-order chi connectivity index (χ1) is 9.06. The van der Waals surface area contributed by atoms with Crippen LogP contribution in [0.25, 0.3) is 11.0 Å². The Morgan fingerprint density at radius 1 is 1.47 bits per heavy atom. The van der Waals surface area contributed by atoms with Gasteiger partial charge in [0.2, 0.25) is 11.9 Å². The van der Waals surface area contributed by atoms with Crippen LogP contribution in [-0.4, -0.2) is 34.0 Å². The largest absolute Gasteiger partial charge is 0.369 e. The molecular formula is C13H15ClN4O. The number of carbonyl (C=O) groups excluding carboxylic acids is 1. The van der Waals surface area contributed by atoms with Gasteiger partial charge >= 0.3 is 0 Å². The van der Waals surface area contributed by atoms with Crippen molar-refractivity contribution >= 4 is 34.5 Å². The van der Waals surface area contributed by atoms with E-state index in [4.69, 9.17) is 17.3 Å². The Morgan fingerprint density at radius 2 is 2.26 bits per heavy atom. The number of likely N-dealkylation sites (N-methyl/N-ethyl adjacent to an activating group) is 1. The predicted molar refractivity (Wildman–Crippen MR) is 75.1 cm³/mol. The van der Waals surface area contributed by atoms with Gasteiger partial charge in [0.15, 0.2) is 0 Å². The average molecular weight is 279 g/mol. The fourth-order valence-corrected chi connectivity index (χ4v) is 2.84. The summed E-state index contributed by atoms with van der Waals surface area (Å²) in [7, 11) is 1.82. The van der Waals surface area contributed by atoms with Crippen molar-refractivity contribution < 1.29 is 4.79 Å². The number of carbonyl (C=O) groups is 1. The highest BCUT2D eigenvalue weighted by Gasteiger charge is 2.26. The molecule has 100 valence electrons. The normalized spacial score (nSPS) is 20.2. The Kier molecular flexibility index (Phi) is 2.86. The van der Waals surface area contributed by atoms with Crippen molar-refractivity contribution in [1.82, 2.24) is 14.5 Å². The van der Waals surface area contributed by atoms with Crippen LogP contribution in [0.1, 0.15) is 18.9 Å². The van der Waals surface area contributed by atoms with Crippen LogP contribution in [0, 0.1) is 0 Å². The molecule has 2 N–H and O–H groups in total. The third-order valence-corrected chi connectivity index (χ3v) is 3.88. The number of benzene rings is 1. The number of rotatable bonds is 1. The number of hydrogen-bond donors (Lipinski definition) is 1. The predicted octanol–water partition coefficient (Wildman–Crippen LogP) is 2.07. The molecule has 1 aliphatic rings. The fraction of sp³-hybridized carbons (Fsp3) is 0.385. The van der Waals surface area contributed by atoms with Crippen molar-refractivity contribution in [2.45, 2.75) is 18.9 Å². The number of likely N-dealkylation sites (tertiary alicyclic amines) is 1. The molecule has 1 atom stereocenters. The van der Waals surface area contributed by atoms with E-state index in [1.165, 1.54) is 0 Å². The van der Waals surface area contributed by atoms with Crippen LogP contribution in [0.15, 0.2) is 18.2 Å². The van der Waals surface area contributed by atoms with E-state index < -0.39 is 0 Å². The van der Waals surface area contributed by atoms with E-state index >= 15 is 0 Å². The molecule has 0 saturated carbocycles. The lowest BCUT2D eigenvalue weighted by atomic mass is 10.1. The minimum atomic E-state index is 0.175. The van der Waals surface area contributed by atoms with Crippen molar-refractivity contribution in [3.63, 3.8) is 0 Å². The molecule has 1 aliphatic heterocycles. The molecule has 2 aromatic rings. The standard InChI is InChI=1S/C13H15ClN4O/c1-17-7-9(3-5-12(17)19)18-11-4-2-8(14)6-10(11)16-13(18)15/h2,4,6,9H,3,5,7H2,1H3,(H2,15,16). The number of halogens is 1. The van der Waals surface area contributed by atoms with Gasteiger partial charge in [0.25, 0.3) is 0 Å². The zero-order chi connectivity index (χ0) is 13.6. The number of hydrogen-bond acceptors (Lipinski definition) is 3. The minimum Gasteiger partial charge on any atom is -0.369 e. The van der Waals surface area contributed by atoms with E-state index in [9.17, 15) is 4.79 Å². The van der Waals surface area contributed by atoms with Crippen LogP contribution in [-0.2, 0) is 4.79 Å². The number of nitrogens with two attached hydrogens (primary N) is 1. The van der Waals surface area contributed by atoms with Crippen LogP contribution in [0.2, 0.25) is 5.02 Å². The summed E-state index contributed by atoms with van der Waals surface area (Å²) in [5.41, 5.74) is 7.78. The number of imidazole rings is 1. The number of nitrogen functional groups attached to an aromatic ring is 1. The molecule has 5 nitrogen and oxygen atoms in total. The Labute approximate surface area is 116 Å². The first-order valence-corrected chi connectivity index (χ1v) is 6.61.